The van der Waals surface area contributed by atoms with E-state index >= 15 is 0 Å². The number of aryl methyl sites for hydroxylation is 1. The Morgan fingerprint density at radius 3 is 2.96 bits per heavy atom. The molecule has 1 N–H and O–H groups in total. The molecule has 2 aromatic heterocycles. The van der Waals surface area contributed by atoms with Gasteiger partial charge in [0.25, 0.3) is 0 Å². The molecular formula is C14H14N6O2S. The molecule has 0 saturated carbocycles. The summed E-state index contributed by atoms with van der Waals surface area (Å²) in [7, 11) is 1.54. The molecule has 0 atom stereocenters. The van der Waals surface area contributed by atoms with Crippen molar-refractivity contribution < 1.29 is 9.53 Å². The predicted molar refractivity (Wildman–Crippen MR) is 84.9 cm³/mol. The van der Waals surface area contributed by atoms with E-state index in [0.717, 1.165) is 16.4 Å². The molecular weight excluding hydrogens is 316 g/mol. The Hall–Kier alpha value is -2.81. The van der Waals surface area contributed by atoms with Gasteiger partial charge in [0.05, 0.1) is 35.6 Å². The van der Waals surface area contributed by atoms with E-state index in [0.29, 0.717) is 11.4 Å². The number of aromatic nitrogens is 5. The minimum Gasteiger partial charge on any atom is -0.494 e. The van der Waals surface area contributed by atoms with Crippen molar-refractivity contribution in [3.63, 3.8) is 0 Å². The van der Waals surface area contributed by atoms with Gasteiger partial charge in [-0.2, -0.15) is 0 Å². The van der Waals surface area contributed by atoms with Crippen molar-refractivity contribution in [2.24, 2.45) is 0 Å². The SMILES string of the molecule is COc1cc(-n2cnnn2)ccc1NC(=O)Cc1csc(C)n1. The Kier molecular flexibility index (Phi) is 4.29. The number of hydrogen-bond acceptors (Lipinski definition) is 7. The quantitative estimate of drug-likeness (QED) is 0.764. The fourth-order valence-electron chi connectivity index (χ4n) is 2.05. The minimum atomic E-state index is -0.149. The van der Waals surface area contributed by atoms with Crippen LogP contribution >= 0.6 is 11.3 Å². The van der Waals surface area contributed by atoms with Crippen LogP contribution in [0.3, 0.4) is 0 Å². The lowest BCUT2D eigenvalue weighted by Crippen LogP contribution is -2.15. The standard InChI is InChI=1S/C14H14N6O2S/c1-9-16-10(7-23-9)5-14(21)17-12-4-3-11(6-13(12)22-2)20-8-15-18-19-20/h3-4,6-8H,5H2,1-2H3,(H,17,21). The Morgan fingerprint density at radius 2 is 2.30 bits per heavy atom. The first-order valence-corrected chi connectivity index (χ1v) is 7.66. The first kappa shape index (κ1) is 15.1. The van der Waals surface area contributed by atoms with Gasteiger partial charge in [0.1, 0.15) is 12.1 Å². The number of amides is 1. The molecule has 0 spiro atoms. The summed E-state index contributed by atoms with van der Waals surface area (Å²) >= 11 is 1.52. The summed E-state index contributed by atoms with van der Waals surface area (Å²) in [5.41, 5.74) is 2.08. The van der Waals surface area contributed by atoms with E-state index in [2.05, 4.69) is 25.8 Å². The predicted octanol–water partition coefficient (Wildman–Crippen LogP) is 1.62. The monoisotopic (exact) mass is 330 g/mol. The fraction of sp³-hybridized carbons (Fsp3) is 0.214. The average Bonchev–Trinajstić information content (AvgIpc) is 3.19. The van der Waals surface area contributed by atoms with Crippen LogP contribution in [0.2, 0.25) is 0 Å². The lowest BCUT2D eigenvalue weighted by Gasteiger charge is -2.11. The third kappa shape index (κ3) is 3.51. The lowest BCUT2D eigenvalue weighted by atomic mass is 10.2. The largest absolute Gasteiger partial charge is 0.494 e. The molecule has 0 aliphatic heterocycles. The number of carbonyl (C=O) groups is 1. The minimum absolute atomic E-state index is 0.149. The number of anilines is 1. The van der Waals surface area contributed by atoms with Gasteiger partial charge in [0, 0.05) is 11.4 Å². The molecule has 0 aliphatic rings. The fourth-order valence-corrected chi connectivity index (χ4v) is 2.67. The summed E-state index contributed by atoms with van der Waals surface area (Å²) < 4.78 is 6.84. The average molecular weight is 330 g/mol. The normalized spacial score (nSPS) is 10.5. The van der Waals surface area contributed by atoms with Crippen LogP contribution in [-0.2, 0) is 11.2 Å². The second kappa shape index (κ2) is 6.53. The Morgan fingerprint density at radius 1 is 1.43 bits per heavy atom. The highest BCUT2D eigenvalue weighted by molar-refractivity contribution is 7.09. The van der Waals surface area contributed by atoms with Crippen molar-refractivity contribution in [1.29, 1.82) is 0 Å². The first-order chi connectivity index (χ1) is 11.2. The van der Waals surface area contributed by atoms with Crippen molar-refractivity contribution in [3.8, 4) is 11.4 Å². The third-order valence-corrected chi connectivity index (χ3v) is 3.90. The van der Waals surface area contributed by atoms with Crippen LogP contribution in [0.5, 0.6) is 5.75 Å². The van der Waals surface area contributed by atoms with Crippen LogP contribution in [0.15, 0.2) is 29.9 Å². The summed E-state index contributed by atoms with van der Waals surface area (Å²) in [5.74, 6) is 0.379. The van der Waals surface area contributed by atoms with Crippen LogP contribution < -0.4 is 10.1 Å². The van der Waals surface area contributed by atoms with Gasteiger partial charge in [-0.25, -0.2) is 9.67 Å². The van der Waals surface area contributed by atoms with Crippen molar-refractivity contribution >= 4 is 22.9 Å². The van der Waals surface area contributed by atoms with Gasteiger partial charge in [-0.3, -0.25) is 4.79 Å². The van der Waals surface area contributed by atoms with Crippen LogP contribution in [-0.4, -0.2) is 38.2 Å². The van der Waals surface area contributed by atoms with Crippen molar-refractivity contribution in [3.05, 3.63) is 40.6 Å². The van der Waals surface area contributed by atoms with E-state index in [1.54, 1.807) is 18.2 Å². The second-order valence-corrected chi connectivity index (χ2v) is 5.78. The van der Waals surface area contributed by atoms with Crippen LogP contribution in [0, 0.1) is 6.92 Å². The van der Waals surface area contributed by atoms with E-state index in [-0.39, 0.29) is 12.3 Å². The number of nitrogens with zero attached hydrogens (tertiary/aromatic N) is 5. The number of rotatable bonds is 5. The third-order valence-electron chi connectivity index (χ3n) is 3.08. The molecule has 0 bridgehead atoms. The number of thiazole rings is 1. The number of methoxy groups -OCH3 is 1. The van der Waals surface area contributed by atoms with Crippen LogP contribution in [0.1, 0.15) is 10.7 Å². The number of tetrazole rings is 1. The first-order valence-electron chi connectivity index (χ1n) is 6.78. The molecule has 0 unspecified atom stereocenters. The van der Waals surface area contributed by atoms with Gasteiger partial charge < -0.3 is 10.1 Å². The van der Waals surface area contributed by atoms with E-state index in [1.807, 2.05) is 12.3 Å². The molecule has 3 rings (SSSR count). The van der Waals surface area contributed by atoms with Gasteiger partial charge in [-0.05, 0) is 29.5 Å². The zero-order valence-electron chi connectivity index (χ0n) is 12.6. The maximum absolute atomic E-state index is 12.1. The summed E-state index contributed by atoms with van der Waals surface area (Å²) in [6.45, 7) is 1.91. The number of benzene rings is 1. The highest BCUT2D eigenvalue weighted by Crippen LogP contribution is 2.27. The molecule has 1 aromatic carbocycles. The molecule has 0 fully saturated rings. The van der Waals surface area contributed by atoms with Gasteiger partial charge in [0.2, 0.25) is 5.91 Å². The van der Waals surface area contributed by atoms with Gasteiger partial charge >= 0.3 is 0 Å². The number of hydrogen-bond donors (Lipinski definition) is 1. The summed E-state index contributed by atoms with van der Waals surface area (Å²) in [6, 6.07) is 5.29. The van der Waals surface area contributed by atoms with Crippen molar-refractivity contribution in [2.45, 2.75) is 13.3 Å². The van der Waals surface area contributed by atoms with Gasteiger partial charge in [0.15, 0.2) is 0 Å². The second-order valence-electron chi connectivity index (χ2n) is 4.72. The molecule has 0 aliphatic carbocycles. The Labute approximate surface area is 136 Å². The van der Waals surface area contributed by atoms with E-state index in [9.17, 15) is 4.79 Å². The topological polar surface area (TPSA) is 94.8 Å². The van der Waals surface area contributed by atoms with Crippen LogP contribution in [0.25, 0.3) is 5.69 Å². The molecule has 2 heterocycles. The van der Waals surface area contributed by atoms with Crippen molar-refractivity contribution in [2.75, 3.05) is 12.4 Å². The molecule has 118 valence electrons. The molecule has 0 saturated heterocycles. The zero-order valence-corrected chi connectivity index (χ0v) is 13.4. The summed E-state index contributed by atoms with van der Waals surface area (Å²) in [4.78, 5) is 16.4. The molecule has 1 amide bonds. The number of ether oxygens (including phenoxy) is 1. The number of carbonyl (C=O) groups excluding carboxylic acids is 1. The zero-order chi connectivity index (χ0) is 16.2. The highest BCUT2D eigenvalue weighted by atomic mass is 32.1. The maximum atomic E-state index is 12.1. The molecule has 3 aromatic rings. The smallest absolute Gasteiger partial charge is 0.230 e. The van der Waals surface area contributed by atoms with Crippen LogP contribution in [0.4, 0.5) is 5.69 Å². The Bertz CT molecular complexity index is 815. The molecule has 0 radical (unpaired) electrons. The van der Waals surface area contributed by atoms with E-state index in [1.165, 1.54) is 29.5 Å². The van der Waals surface area contributed by atoms with Crippen molar-refractivity contribution in [1.82, 2.24) is 25.2 Å². The molecule has 9 heteroatoms. The molecule has 23 heavy (non-hydrogen) atoms. The lowest BCUT2D eigenvalue weighted by molar-refractivity contribution is -0.115. The van der Waals surface area contributed by atoms with E-state index in [4.69, 9.17) is 4.74 Å². The highest BCUT2D eigenvalue weighted by Gasteiger charge is 2.11. The summed E-state index contributed by atoms with van der Waals surface area (Å²) in [6.07, 6.45) is 1.71. The van der Waals surface area contributed by atoms with Gasteiger partial charge in [-0.15, -0.1) is 16.4 Å². The summed E-state index contributed by atoms with van der Waals surface area (Å²) in [5, 5.41) is 16.6. The maximum Gasteiger partial charge on any atom is 0.230 e. The van der Waals surface area contributed by atoms with E-state index < -0.39 is 0 Å². The molecule has 8 nitrogen and oxygen atoms in total. The Balaban J connectivity index is 1.75. The van der Waals surface area contributed by atoms with Gasteiger partial charge in [-0.1, -0.05) is 0 Å². The number of nitrogens with one attached hydrogen (secondary N) is 1.